The molecule has 0 amide bonds. The van der Waals surface area contributed by atoms with Gasteiger partial charge in [0.25, 0.3) is 0 Å². The molecule has 0 spiro atoms. The first kappa shape index (κ1) is 24.2. The number of rotatable bonds is 7. The van der Waals surface area contributed by atoms with Crippen molar-refractivity contribution >= 4 is 22.7 Å². The lowest BCUT2D eigenvalue weighted by atomic mass is 9.86. The average molecular weight is 476 g/mol. The summed E-state index contributed by atoms with van der Waals surface area (Å²) in [5.74, 6) is 1.25. The summed E-state index contributed by atoms with van der Waals surface area (Å²) in [6, 6.07) is 10.7. The van der Waals surface area contributed by atoms with E-state index in [2.05, 4.69) is 15.6 Å². The molecule has 1 saturated carbocycles. The van der Waals surface area contributed by atoms with Crippen LogP contribution in [0.15, 0.2) is 42.5 Å². The zero-order valence-electron chi connectivity index (χ0n) is 19.3. The Morgan fingerprint density at radius 3 is 2.44 bits per heavy atom. The van der Waals surface area contributed by atoms with Crippen LogP contribution >= 0.6 is 0 Å². The van der Waals surface area contributed by atoms with E-state index in [0.29, 0.717) is 18.4 Å². The normalized spacial score (nSPS) is 18.8. The highest BCUT2D eigenvalue weighted by molar-refractivity contribution is 5.90. The van der Waals surface area contributed by atoms with Gasteiger partial charge in [0, 0.05) is 37.6 Å². The molecule has 0 saturated heterocycles. The Morgan fingerprint density at radius 1 is 1.00 bits per heavy atom. The van der Waals surface area contributed by atoms with E-state index < -0.39 is 17.6 Å². The number of hydrogen-bond acceptors (Lipinski definition) is 5. The van der Waals surface area contributed by atoms with Crippen LogP contribution in [0.1, 0.15) is 36.8 Å². The summed E-state index contributed by atoms with van der Waals surface area (Å²) in [6.45, 7) is 0.714. The van der Waals surface area contributed by atoms with Gasteiger partial charge >= 0.3 is 6.18 Å². The van der Waals surface area contributed by atoms with Crippen LogP contribution in [-0.2, 0) is 12.7 Å². The predicted molar refractivity (Wildman–Crippen MR) is 126 cm³/mol. The highest BCUT2D eigenvalue weighted by Crippen LogP contribution is 2.31. The first-order valence-corrected chi connectivity index (χ1v) is 11.5. The third kappa shape index (κ3) is 5.75. The van der Waals surface area contributed by atoms with Crippen molar-refractivity contribution in [1.29, 1.82) is 0 Å². The SMILES string of the molecule is CN(C)c1nc(NC2CCC(CNCc3cc(C(F)(F)F)ccc3F)CC2)nc2ccccc12. The van der Waals surface area contributed by atoms with E-state index in [-0.39, 0.29) is 18.2 Å². The number of aromatic nitrogens is 2. The summed E-state index contributed by atoms with van der Waals surface area (Å²) in [5.41, 5.74) is 0.101. The standard InChI is InChI=1S/C25H29F4N5/c1-34(2)23-20-5-3-4-6-22(20)32-24(33-23)31-19-10-7-16(8-11-19)14-30-15-17-13-18(25(27,28)29)9-12-21(17)26/h3-6,9,12-13,16,19,30H,7-8,10-11,14-15H2,1-2H3,(H,31,32,33). The van der Waals surface area contributed by atoms with Gasteiger partial charge in [0.05, 0.1) is 11.1 Å². The number of benzene rings is 2. The highest BCUT2D eigenvalue weighted by atomic mass is 19.4. The van der Waals surface area contributed by atoms with Crippen LogP contribution in [0.3, 0.4) is 0 Å². The second kappa shape index (κ2) is 10.1. The first-order valence-electron chi connectivity index (χ1n) is 11.5. The molecule has 2 N–H and O–H groups in total. The summed E-state index contributed by atoms with van der Waals surface area (Å²) in [4.78, 5) is 11.4. The van der Waals surface area contributed by atoms with Gasteiger partial charge in [-0.1, -0.05) is 12.1 Å². The molecule has 5 nitrogen and oxygen atoms in total. The number of hydrogen-bond donors (Lipinski definition) is 2. The second-order valence-corrected chi connectivity index (χ2v) is 9.08. The van der Waals surface area contributed by atoms with Crippen LogP contribution in [0.2, 0.25) is 0 Å². The summed E-state index contributed by atoms with van der Waals surface area (Å²) in [6.07, 6.45) is -0.668. The molecule has 1 aliphatic rings. The van der Waals surface area contributed by atoms with Gasteiger partial charge in [0.2, 0.25) is 5.95 Å². The maximum atomic E-state index is 13.9. The molecule has 1 aliphatic carbocycles. The van der Waals surface area contributed by atoms with Gasteiger partial charge < -0.3 is 15.5 Å². The fraction of sp³-hybridized carbons (Fsp3) is 0.440. The van der Waals surface area contributed by atoms with Crippen molar-refractivity contribution in [3.05, 3.63) is 59.4 Å². The Kier molecular flexibility index (Phi) is 7.21. The van der Waals surface area contributed by atoms with Crippen molar-refractivity contribution < 1.29 is 17.6 Å². The summed E-state index contributed by atoms with van der Waals surface area (Å²) in [7, 11) is 3.92. The third-order valence-corrected chi connectivity index (χ3v) is 6.31. The fourth-order valence-electron chi connectivity index (χ4n) is 4.46. The van der Waals surface area contributed by atoms with E-state index in [4.69, 9.17) is 4.98 Å². The zero-order chi connectivity index (χ0) is 24.3. The molecule has 0 unspecified atom stereocenters. The number of para-hydroxylation sites is 1. The molecular formula is C25H29F4N5. The van der Waals surface area contributed by atoms with E-state index in [1.165, 1.54) is 0 Å². The average Bonchev–Trinajstić information content (AvgIpc) is 2.80. The molecule has 9 heteroatoms. The monoisotopic (exact) mass is 475 g/mol. The van der Waals surface area contributed by atoms with Gasteiger partial charge in [-0.15, -0.1) is 0 Å². The maximum absolute atomic E-state index is 13.9. The van der Waals surface area contributed by atoms with Crippen LogP contribution in [0.25, 0.3) is 10.9 Å². The number of nitrogens with one attached hydrogen (secondary N) is 2. The fourth-order valence-corrected chi connectivity index (χ4v) is 4.46. The minimum Gasteiger partial charge on any atom is -0.362 e. The van der Waals surface area contributed by atoms with Gasteiger partial charge in [0.15, 0.2) is 0 Å². The van der Waals surface area contributed by atoms with Crippen LogP contribution in [-0.4, -0.2) is 36.6 Å². The van der Waals surface area contributed by atoms with E-state index in [1.54, 1.807) is 0 Å². The van der Waals surface area contributed by atoms with E-state index in [9.17, 15) is 17.6 Å². The van der Waals surface area contributed by atoms with Crippen LogP contribution in [0, 0.1) is 11.7 Å². The Hall–Kier alpha value is -2.94. The molecule has 3 aromatic rings. The first-order chi connectivity index (χ1) is 16.2. The molecule has 1 heterocycles. The van der Waals surface area contributed by atoms with Crippen molar-refractivity contribution in [2.75, 3.05) is 30.9 Å². The number of halogens is 4. The highest BCUT2D eigenvalue weighted by Gasteiger charge is 2.31. The Morgan fingerprint density at radius 2 is 1.74 bits per heavy atom. The van der Waals surface area contributed by atoms with Crippen LogP contribution in [0.4, 0.5) is 29.3 Å². The largest absolute Gasteiger partial charge is 0.416 e. The number of anilines is 2. The van der Waals surface area contributed by atoms with Crippen molar-refractivity contribution in [3.63, 3.8) is 0 Å². The molecule has 0 bridgehead atoms. The Bertz CT molecular complexity index is 1120. The predicted octanol–water partition coefficient (Wildman–Crippen LogP) is 5.61. The Balaban J connectivity index is 1.29. The summed E-state index contributed by atoms with van der Waals surface area (Å²) >= 11 is 0. The molecule has 1 aromatic heterocycles. The van der Waals surface area contributed by atoms with Gasteiger partial charge in [-0.05, 0) is 68.5 Å². The molecular weight excluding hydrogens is 446 g/mol. The van der Waals surface area contributed by atoms with Crippen molar-refractivity contribution in [2.24, 2.45) is 5.92 Å². The van der Waals surface area contributed by atoms with E-state index in [0.717, 1.165) is 60.6 Å². The molecule has 34 heavy (non-hydrogen) atoms. The van der Waals surface area contributed by atoms with Crippen LogP contribution < -0.4 is 15.5 Å². The van der Waals surface area contributed by atoms with Crippen molar-refractivity contribution in [1.82, 2.24) is 15.3 Å². The van der Waals surface area contributed by atoms with Crippen molar-refractivity contribution in [3.8, 4) is 0 Å². The maximum Gasteiger partial charge on any atom is 0.416 e. The van der Waals surface area contributed by atoms with E-state index in [1.807, 2.05) is 43.3 Å². The lowest BCUT2D eigenvalue weighted by Crippen LogP contribution is -2.31. The molecule has 0 atom stereocenters. The zero-order valence-corrected chi connectivity index (χ0v) is 19.3. The lowest BCUT2D eigenvalue weighted by Gasteiger charge is -2.29. The van der Waals surface area contributed by atoms with Gasteiger partial charge in [-0.2, -0.15) is 18.2 Å². The molecule has 0 aliphatic heterocycles. The minimum absolute atomic E-state index is 0.0373. The molecule has 1 fully saturated rings. The molecule has 182 valence electrons. The number of nitrogens with zero attached hydrogens (tertiary/aromatic N) is 3. The molecule has 2 aromatic carbocycles. The Labute approximate surface area is 196 Å². The van der Waals surface area contributed by atoms with Crippen molar-refractivity contribution in [2.45, 2.75) is 44.4 Å². The summed E-state index contributed by atoms with van der Waals surface area (Å²) < 4.78 is 52.6. The third-order valence-electron chi connectivity index (χ3n) is 6.31. The second-order valence-electron chi connectivity index (χ2n) is 9.08. The molecule has 0 radical (unpaired) electrons. The van der Waals surface area contributed by atoms with Gasteiger partial charge in [0.1, 0.15) is 11.6 Å². The minimum atomic E-state index is -4.48. The lowest BCUT2D eigenvalue weighted by molar-refractivity contribution is -0.137. The quantitative estimate of drug-likeness (QED) is 0.435. The summed E-state index contributed by atoms with van der Waals surface area (Å²) in [5, 5.41) is 7.62. The number of fused-ring (bicyclic) bond motifs is 1. The smallest absolute Gasteiger partial charge is 0.362 e. The van der Waals surface area contributed by atoms with Crippen LogP contribution in [0.5, 0.6) is 0 Å². The van der Waals surface area contributed by atoms with E-state index >= 15 is 0 Å². The molecule has 4 rings (SSSR count). The number of alkyl halides is 3. The topological polar surface area (TPSA) is 53.1 Å². The van der Waals surface area contributed by atoms with Gasteiger partial charge in [-0.3, -0.25) is 0 Å². The van der Waals surface area contributed by atoms with Gasteiger partial charge in [-0.25, -0.2) is 9.37 Å².